The van der Waals surface area contributed by atoms with Crippen LogP contribution >= 0.6 is 11.6 Å². The molecule has 0 aromatic heterocycles. The average Bonchev–Trinajstić information content (AvgIpc) is 2.44. The highest BCUT2D eigenvalue weighted by atomic mass is 35.5. The first kappa shape index (κ1) is 10.8. The summed E-state index contributed by atoms with van der Waals surface area (Å²) in [6, 6.07) is 4.40. The van der Waals surface area contributed by atoms with E-state index in [1.54, 1.807) is 0 Å². The van der Waals surface area contributed by atoms with Gasteiger partial charge in [0.25, 0.3) is 0 Å². The van der Waals surface area contributed by atoms with Crippen LogP contribution in [0, 0.1) is 0 Å². The van der Waals surface area contributed by atoms with Crippen molar-refractivity contribution in [3.8, 4) is 0 Å². The van der Waals surface area contributed by atoms with E-state index >= 15 is 0 Å². The molecule has 0 heterocycles. The van der Waals surface area contributed by atoms with Crippen molar-refractivity contribution < 1.29 is 0 Å². The summed E-state index contributed by atoms with van der Waals surface area (Å²) in [5, 5.41) is 0.913. The number of hydrogen-bond acceptors (Lipinski definition) is 0. The Morgan fingerprint density at radius 1 is 1.20 bits per heavy atom. The van der Waals surface area contributed by atoms with Crippen molar-refractivity contribution in [3.63, 3.8) is 0 Å². The quantitative estimate of drug-likeness (QED) is 0.572. The van der Waals surface area contributed by atoms with Crippen molar-refractivity contribution in [2.45, 2.75) is 39.0 Å². The van der Waals surface area contributed by atoms with Crippen molar-refractivity contribution in [2.75, 3.05) is 0 Å². The Morgan fingerprint density at radius 2 is 1.87 bits per heavy atom. The van der Waals surface area contributed by atoms with E-state index in [4.69, 9.17) is 11.6 Å². The summed E-state index contributed by atoms with van der Waals surface area (Å²) < 4.78 is 0. The Kier molecular flexibility index (Phi) is 2.42. The summed E-state index contributed by atoms with van der Waals surface area (Å²) in [5.41, 5.74) is 5.42. The summed E-state index contributed by atoms with van der Waals surface area (Å²) in [6.07, 6.45) is 1.96. The zero-order chi connectivity index (χ0) is 11.2. The lowest BCUT2D eigenvalue weighted by atomic mass is 9.85. The van der Waals surface area contributed by atoms with Gasteiger partial charge in [0.1, 0.15) is 0 Å². The van der Waals surface area contributed by atoms with Crippen molar-refractivity contribution in [2.24, 2.45) is 0 Å². The van der Waals surface area contributed by atoms with Gasteiger partial charge in [-0.1, -0.05) is 50.6 Å². The van der Waals surface area contributed by atoms with Crippen LogP contribution in [0.25, 0.3) is 0 Å². The lowest BCUT2D eigenvalue weighted by molar-refractivity contribution is 0.589. The maximum Gasteiger partial charge on any atom is 0.0447 e. The Bertz CT molecular complexity index is 422. The lowest BCUT2D eigenvalue weighted by Gasteiger charge is -2.20. The van der Waals surface area contributed by atoms with Gasteiger partial charge in [0.15, 0.2) is 0 Å². The van der Waals surface area contributed by atoms with Crippen molar-refractivity contribution >= 4 is 11.6 Å². The molecule has 15 heavy (non-hydrogen) atoms. The molecule has 1 aromatic rings. The summed E-state index contributed by atoms with van der Waals surface area (Å²) >= 11 is 6.31. The molecular weight excluding hydrogens is 204 g/mol. The number of hydrogen-bond donors (Lipinski definition) is 0. The first-order valence-corrected chi connectivity index (χ1v) is 5.74. The van der Waals surface area contributed by atoms with Gasteiger partial charge in [-0.2, -0.15) is 0 Å². The van der Waals surface area contributed by atoms with Crippen LogP contribution in [0.15, 0.2) is 24.3 Å². The molecule has 1 aromatic carbocycles. The van der Waals surface area contributed by atoms with Gasteiger partial charge in [0, 0.05) is 5.02 Å². The second-order valence-corrected chi connectivity index (χ2v) is 5.86. The molecule has 0 saturated carbocycles. The van der Waals surface area contributed by atoms with Crippen LogP contribution in [-0.2, 0) is 18.3 Å². The van der Waals surface area contributed by atoms with Gasteiger partial charge in [0.05, 0.1) is 0 Å². The number of halogens is 1. The van der Waals surface area contributed by atoms with E-state index in [0.717, 1.165) is 17.9 Å². The molecule has 2 rings (SSSR count). The monoisotopic (exact) mass is 220 g/mol. The fourth-order valence-electron chi connectivity index (χ4n) is 2.06. The van der Waals surface area contributed by atoms with Crippen LogP contribution in [0.2, 0.25) is 5.02 Å². The molecule has 0 bridgehead atoms. The lowest BCUT2D eigenvalue weighted by Crippen LogP contribution is -2.11. The van der Waals surface area contributed by atoms with E-state index < -0.39 is 0 Å². The van der Waals surface area contributed by atoms with Gasteiger partial charge < -0.3 is 0 Å². The van der Waals surface area contributed by atoms with Crippen LogP contribution in [0.4, 0.5) is 0 Å². The second kappa shape index (κ2) is 3.38. The van der Waals surface area contributed by atoms with Crippen LogP contribution in [0.3, 0.4) is 0 Å². The molecule has 0 nitrogen and oxygen atoms in total. The Hall–Kier alpha value is -0.750. The predicted octanol–water partition coefficient (Wildman–Crippen LogP) is 4.29. The molecular formula is C14H17Cl. The average molecular weight is 221 g/mol. The molecule has 1 aliphatic carbocycles. The van der Waals surface area contributed by atoms with Gasteiger partial charge in [-0.25, -0.2) is 0 Å². The zero-order valence-corrected chi connectivity index (χ0v) is 10.4. The van der Waals surface area contributed by atoms with E-state index in [1.807, 2.05) is 0 Å². The van der Waals surface area contributed by atoms with Gasteiger partial charge in [-0.3, -0.25) is 0 Å². The summed E-state index contributed by atoms with van der Waals surface area (Å²) in [6.45, 7) is 10.7. The number of allylic oxidation sites excluding steroid dienone is 1. The zero-order valence-electron chi connectivity index (χ0n) is 9.65. The second-order valence-electron chi connectivity index (χ2n) is 5.45. The smallest absolute Gasteiger partial charge is 0.0447 e. The molecule has 0 amide bonds. The van der Waals surface area contributed by atoms with Crippen molar-refractivity contribution in [1.29, 1.82) is 0 Å². The number of rotatable bonds is 0. The molecule has 0 N–H and O–H groups in total. The predicted molar refractivity (Wildman–Crippen MR) is 66.7 cm³/mol. The summed E-state index contributed by atoms with van der Waals surface area (Å²) in [4.78, 5) is 0. The maximum absolute atomic E-state index is 6.31. The Balaban J connectivity index is 2.54. The Morgan fingerprint density at radius 3 is 2.47 bits per heavy atom. The molecule has 0 radical (unpaired) electrons. The molecule has 0 aliphatic heterocycles. The molecule has 0 spiro atoms. The third kappa shape index (κ3) is 1.96. The number of benzene rings is 1. The molecule has 1 aliphatic rings. The number of fused-ring (bicyclic) bond motifs is 1. The highest BCUT2D eigenvalue weighted by Gasteiger charge is 2.22. The van der Waals surface area contributed by atoms with E-state index in [-0.39, 0.29) is 5.41 Å². The van der Waals surface area contributed by atoms with Gasteiger partial charge in [-0.05, 0) is 41.0 Å². The third-order valence-electron chi connectivity index (χ3n) is 3.02. The van der Waals surface area contributed by atoms with E-state index in [0.29, 0.717) is 0 Å². The fourth-order valence-corrected chi connectivity index (χ4v) is 2.37. The van der Waals surface area contributed by atoms with Crippen molar-refractivity contribution in [3.05, 3.63) is 46.0 Å². The standard InChI is InChI=1S/C14H17Cl/c1-9-5-10-7-11(14(2,3)4)8-13(15)12(10)6-9/h7-8H,1,5-6H2,2-4H3. The van der Waals surface area contributed by atoms with E-state index in [1.165, 1.54) is 22.3 Å². The van der Waals surface area contributed by atoms with Crippen LogP contribution in [-0.4, -0.2) is 0 Å². The molecule has 80 valence electrons. The third-order valence-corrected chi connectivity index (χ3v) is 3.36. The van der Waals surface area contributed by atoms with E-state index in [2.05, 4.69) is 39.5 Å². The van der Waals surface area contributed by atoms with Crippen LogP contribution < -0.4 is 0 Å². The SMILES string of the molecule is C=C1Cc2cc(C(C)(C)C)cc(Cl)c2C1. The minimum Gasteiger partial charge on any atom is -0.0992 e. The van der Waals surface area contributed by atoms with Gasteiger partial charge >= 0.3 is 0 Å². The maximum atomic E-state index is 6.31. The normalized spacial score (nSPS) is 15.6. The fraction of sp³-hybridized carbons (Fsp3) is 0.429. The van der Waals surface area contributed by atoms with E-state index in [9.17, 15) is 0 Å². The molecule has 0 unspecified atom stereocenters. The first-order chi connectivity index (χ1) is 6.88. The van der Waals surface area contributed by atoms with Crippen LogP contribution in [0.1, 0.15) is 37.5 Å². The molecule has 0 saturated heterocycles. The van der Waals surface area contributed by atoms with Gasteiger partial charge in [-0.15, -0.1) is 0 Å². The van der Waals surface area contributed by atoms with Crippen molar-refractivity contribution in [1.82, 2.24) is 0 Å². The topological polar surface area (TPSA) is 0 Å². The van der Waals surface area contributed by atoms with Gasteiger partial charge in [0.2, 0.25) is 0 Å². The molecule has 1 heteroatoms. The molecule has 0 fully saturated rings. The minimum absolute atomic E-state index is 0.169. The minimum atomic E-state index is 0.169. The highest BCUT2D eigenvalue weighted by molar-refractivity contribution is 6.31. The first-order valence-electron chi connectivity index (χ1n) is 5.36. The largest absolute Gasteiger partial charge is 0.0992 e. The Labute approximate surface area is 97.0 Å². The summed E-state index contributed by atoms with van der Waals surface area (Å²) in [5.74, 6) is 0. The molecule has 0 atom stereocenters. The van der Waals surface area contributed by atoms with Crippen LogP contribution in [0.5, 0.6) is 0 Å². The highest BCUT2D eigenvalue weighted by Crippen LogP contribution is 2.35. The summed E-state index contributed by atoms with van der Waals surface area (Å²) in [7, 11) is 0.